The van der Waals surface area contributed by atoms with Crippen LogP contribution in [-0.4, -0.2) is 44.6 Å². The van der Waals surface area contributed by atoms with Crippen LogP contribution in [0.3, 0.4) is 0 Å². The van der Waals surface area contributed by atoms with Gasteiger partial charge in [-0.25, -0.2) is 4.39 Å². The van der Waals surface area contributed by atoms with E-state index in [1.54, 1.807) is 12.1 Å². The summed E-state index contributed by atoms with van der Waals surface area (Å²) in [6, 6.07) is 12.0. The van der Waals surface area contributed by atoms with Crippen LogP contribution in [0.15, 0.2) is 48.5 Å². The van der Waals surface area contributed by atoms with Crippen molar-refractivity contribution < 1.29 is 28.9 Å². The van der Waals surface area contributed by atoms with Crippen molar-refractivity contribution in [3.8, 4) is 11.6 Å². The molecule has 2 aromatic carbocycles. The average Bonchev–Trinajstić information content (AvgIpc) is 3.20. The van der Waals surface area contributed by atoms with Crippen molar-refractivity contribution in [3.63, 3.8) is 0 Å². The van der Waals surface area contributed by atoms with Crippen LogP contribution >= 0.6 is 0 Å². The predicted molar refractivity (Wildman–Crippen MR) is 133 cm³/mol. The van der Waals surface area contributed by atoms with Crippen molar-refractivity contribution in [2.24, 2.45) is 5.41 Å². The lowest BCUT2D eigenvalue weighted by atomic mass is 9.90. The molecule has 3 aromatic rings. The average molecular weight is 498 g/mol. The standard InChI is InChI=1S/C27H32FN3O5/c1-16-10-11-18(17(2)12-16)20(14-25(33)34)29-26(35)21-13-24(36-15-23(32)27(3,4)5)31(30-21)22-9-7-6-8-19(22)28/h6-13,20,23,32H,14-15H2,1-5H3,(H,29,35)(H,33,34)/t20-,23-/m0/s1. The van der Waals surface area contributed by atoms with Crippen LogP contribution in [0.2, 0.25) is 0 Å². The molecule has 0 aliphatic carbocycles. The summed E-state index contributed by atoms with van der Waals surface area (Å²) in [5.74, 6) is -2.22. The first-order valence-electron chi connectivity index (χ1n) is 11.6. The molecule has 0 saturated carbocycles. The third-order valence-electron chi connectivity index (χ3n) is 5.86. The van der Waals surface area contributed by atoms with Crippen LogP contribution in [0.1, 0.15) is 60.4 Å². The minimum absolute atomic E-state index is 0.0632. The van der Waals surface area contributed by atoms with Gasteiger partial charge in [-0.15, -0.1) is 0 Å². The van der Waals surface area contributed by atoms with Crippen molar-refractivity contribution in [1.29, 1.82) is 0 Å². The number of carbonyl (C=O) groups is 2. The van der Waals surface area contributed by atoms with Crippen molar-refractivity contribution in [2.45, 2.75) is 53.2 Å². The Balaban J connectivity index is 1.95. The maximum absolute atomic E-state index is 14.6. The molecule has 1 heterocycles. The normalized spacial score (nSPS) is 13.2. The molecule has 3 N–H and O–H groups in total. The van der Waals surface area contributed by atoms with Gasteiger partial charge in [0.2, 0.25) is 5.88 Å². The van der Waals surface area contributed by atoms with E-state index in [4.69, 9.17) is 4.74 Å². The molecule has 1 amide bonds. The highest BCUT2D eigenvalue weighted by Crippen LogP contribution is 2.26. The van der Waals surface area contributed by atoms with Crippen LogP contribution in [0, 0.1) is 25.1 Å². The maximum Gasteiger partial charge on any atom is 0.305 e. The number of nitrogens with one attached hydrogen (secondary N) is 1. The number of aliphatic hydroxyl groups is 1. The maximum atomic E-state index is 14.6. The van der Waals surface area contributed by atoms with E-state index in [9.17, 15) is 24.2 Å². The molecular weight excluding hydrogens is 465 g/mol. The first-order valence-corrected chi connectivity index (χ1v) is 11.6. The molecule has 1 aromatic heterocycles. The van der Waals surface area contributed by atoms with E-state index >= 15 is 0 Å². The molecule has 0 bridgehead atoms. The van der Waals surface area contributed by atoms with Gasteiger partial charge in [0.05, 0.1) is 18.6 Å². The zero-order valence-corrected chi connectivity index (χ0v) is 21.1. The topological polar surface area (TPSA) is 114 Å². The van der Waals surface area contributed by atoms with Gasteiger partial charge in [-0.2, -0.15) is 9.78 Å². The number of aromatic nitrogens is 2. The molecule has 0 aliphatic rings. The van der Waals surface area contributed by atoms with Gasteiger partial charge in [-0.05, 0) is 42.5 Å². The van der Waals surface area contributed by atoms with Gasteiger partial charge in [0, 0.05) is 6.07 Å². The number of aryl methyl sites for hydroxylation is 2. The fraction of sp³-hybridized carbons (Fsp3) is 0.370. The van der Waals surface area contributed by atoms with Crippen LogP contribution < -0.4 is 10.1 Å². The van der Waals surface area contributed by atoms with Gasteiger partial charge in [0.25, 0.3) is 5.91 Å². The number of aliphatic hydroxyl groups excluding tert-OH is 1. The number of carbonyl (C=O) groups excluding carboxylic acids is 1. The highest BCUT2D eigenvalue weighted by atomic mass is 19.1. The molecule has 0 aliphatic heterocycles. The largest absolute Gasteiger partial charge is 0.481 e. The second-order valence-electron chi connectivity index (χ2n) is 9.91. The minimum atomic E-state index is -1.07. The van der Waals surface area contributed by atoms with Crippen molar-refractivity contribution >= 4 is 11.9 Å². The lowest BCUT2D eigenvalue weighted by Crippen LogP contribution is -2.32. The Morgan fingerprint density at radius 1 is 1.14 bits per heavy atom. The Morgan fingerprint density at radius 2 is 1.83 bits per heavy atom. The Morgan fingerprint density at radius 3 is 2.44 bits per heavy atom. The summed E-state index contributed by atoms with van der Waals surface area (Å²) >= 11 is 0. The number of ether oxygens (including phenoxy) is 1. The highest BCUT2D eigenvalue weighted by Gasteiger charge is 2.26. The molecule has 192 valence electrons. The lowest BCUT2D eigenvalue weighted by molar-refractivity contribution is -0.137. The minimum Gasteiger partial charge on any atom is -0.481 e. The van der Waals surface area contributed by atoms with Gasteiger partial charge in [-0.1, -0.05) is 56.7 Å². The zero-order chi connectivity index (χ0) is 26.6. The summed E-state index contributed by atoms with van der Waals surface area (Å²) in [5.41, 5.74) is 2.05. The van der Waals surface area contributed by atoms with E-state index < -0.39 is 35.3 Å². The Hall–Kier alpha value is -3.72. The van der Waals surface area contributed by atoms with Crippen molar-refractivity contribution in [3.05, 3.63) is 76.7 Å². The number of rotatable bonds is 9. The molecule has 36 heavy (non-hydrogen) atoms. The first-order chi connectivity index (χ1) is 16.9. The summed E-state index contributed by atoms with van der Waals surface area (Å²) in [6.07, 6.45) is -1.16. The SMILES string of the molecule is Cc1ccc([C@H](CC(=O)O)NC(=O)c2cc(OC[C@H](O)C(C)(C)C)n(-c3ccccc3F)n2)c(C)c1. The fourth-order valence-corrected chi connectivity index (χ4v) is 3.65. The molecule has 0 radical (unpaired) electrons. The monoisotopic (exact) mass is 497 g/mol. The molecule has 9 heteroatoms. The summed E-state index contributed by atoms with van der Waals surface area (Å²) < 4.78 is 21.5. The van der Waals surface area contributed by atoms with Crippen LogP contribution in [0.5, 0.6) is 5.88 Å². The number of carboxylic acids is 1. The van der Waals surface area contributed by atoms with Crippen molar-refractivity contribution in [1.82, 2.24) is 15.1 Å². The lowest BCUT2D eigenvalue weighted by Gasteiger charge is -2.25. The first kappa shape index (κ1) is 26.9. The summed E-state index contributed by atoms with van der Waals surface area (Å²) in [4.78, 5) is 24.7. The second-order valence-corrected chi connectivity index (χ2v) is 9.91. The zero-order valence-electron chi connectivity index (χ0n) is 21.1. The van der Waals surface area contributed by atoms with Crippen LogP contribution in [-0.2, 0) is 4.79 Å². The number of aliphatic carboxylic acids is 1. The van der Waals surface area contributed by atoms with Gasteiger partial charge < -0.3 is 20.3 Å². The van der Waals surface area contributed by atoms with E-state index in [-0.39, 0.29) is 30.3 Å². The molecule has 2 atom stereocenters. The number of amides is 1. The Labute approximate surface area is 209 Å². The van der Waals surface area contributed by atoms with Gasteiger partial charge >= 0.3 is 5.97 Å². The smallest absolute Gasteiger partial charge is 0.305 e. The number of hydrogen-bond acceptors (Lipinski definition) is 5. The van der Waals surface area contributed by atoms with Crippen LogP contribution in [0.4, 0.5) is 4.39 Å². The van der Waals surface area contributed by atoms with E-state index in [2.05, 4.69) is 10.4 Å². The second kappa shape index (κ2) is 10.9. The molecule has 0 fully saturated rings. The number of para-hydroxylation sites is 1. The number of benzene rings is 2. The molecular formula is C27H32FN3O5. The van der Waals surface area contributed by atoms with Gasteiger partial charge in [0.15, 0.2) is 5.69 Å². The van der Waals surface area contributed by atoms with E-state index in [0.717, 1.165) is 15.8 Å². The Bertz CT molecular complexity index is 1250. The quantitative estimate of drug-likeness (QED) is 0.405. The summed E-state index contributed by atoms with van der Waals surface area (Å²) in [5, 5.41) is 26.8. The number of halogens is 1. The third-order valence-corrected chi connectivity index (χ3v) is 5.86. The molecule has 0 spiro atoms. The fourth-order valence-electron chi connectivity index (χ4n) is 3.65. The van der Waals surface area contributed by atoms with Crippen LogP contribution in [0.25, 0.3) is 5.69 Å². The summed E-state index contributed by atoms with van der Waals surface area (Å²) in [7, 11) is 0. The van der Waals surface area contributed by atoms with E-state index in [0.29, 0.717) is 5.56 Å². The number of hydrogen-bond donors (Lipinski definition) is 3. The van der Waals surface area contributed by atoms with Crippen molar-refractivity contribution in [2.75, 3.05) is 6.61 Å². The summed E-state index contributed by atoms with van der Waals surface area (Å²) in [6.45, 7) is 9.23. The highest BCUT2D eigenvalue weighted by molar-refractivity contribution is 5.93. The van der Waals surface area contributed by atoms with E-state index in [1.807, 2.05) is 46.8 Å². The molecule has 0 unspecified atom stereocenters. The third kappa shape index (κ3) is 6.48. The number of carboxylic acid groups (broad SMARTS) is 1. The number of nitrogens with zero attached hydrogens (tertiary/aromatic N) is 2. The Kier molecular flexibility index (Phi) is 8.14. The molecule has 3 rings (SSSR count). The molecule has 0 saturated heterocycles. The van der Waals surface area contributed by atoms with Gasteiger partial charge in [0.1, 0.15) is 18.1 Å². The van der Waals surface area contributed by atoms with E-state index in [1.165, 1.54) is 24.3 Å². The molecule has 8 nitrogen and oxygen atoms in total. The van der Waals surface area contributed by atoms with Gasteiger partial charge in [-0.3, -0.25) is 9.59 Å². The predicted octanol–water partition coefficient (Wildman–Crippen LogP) is 4.36.